The molecule has 2 aromatic carbocycles. The molecule has 11 heteroatoms. The number of carbonyl (C=O) groups is 1. The van der Waals surface area contributed by atoms with E-state index in [2.05, 4.69) is 30.5 Å². The van der Waals surface area contributed by atoms with E-state index >= 15 is 8.78 Å². The number of aromatic nitrogens is 3. The Morgan fingerprint density at radius 3 is 2.47 bits per heavy atom. The molecular weight excluding hydrogens is 554 g/mol. The maximum absolute atomic E-state index is 16.0. The van der Waals surface area contributed by atoms with Crippen LogP contribution in [-0.2, 0) is 6.54 Å². The van der Waals surface area contributed by atoms with Crippen molar-refractivity contribution in [1.82, 2.24) is 25.2 Å². The summed E-state index contributed by atoms with van der Waals surface area (Å²) in [6.07, 6.45) is 2.96. The molecule has 9 nitrogen and oxygen atoms in total. The fourth-order valence-corrected chi connectivity index (χ4v) is 4.98. The molecule has 224 valence electrons. The molecule has 1 fully saturated rings. The predicted octanol–water partition coefficient (Wildman–Crippen LogP) is 5.33. The summed E-state index contributed by atoms with van der Waals surface area (Å²) in [6.45, 7) is 4.29. The van der Waals surface area contributed by atoms with Gasteiger partial charge in [0.05, 0.1) is 31.2 Å². The number of anilines is 1. The van der Waals surface area contributed by atoms with Gasteiger partial charge < -0.3 is 25.0 Å². The van der Waals surface area contributed by atoms with Gasteiger partial charge in [0, 0.05) is 24.7 Å². The summed E-state index contributed by atoms with van der Waals surface area (Å²) in [5.41, 5.74) is 1.22. The van der Waals surface area contributed by atoms with Gasteiger partial charge >= 0.3 is 0 Å². The van der Waals surface area contributed by atoms with Crippen LogP contribution in [0.3, 0.4) is 0 Å². The second kappa shape index (κ2) is 13.6. The molecule has 0 saturated carbocycles. The quantitative estimate of drug-likeness (QED) is 0.257. The number of rotatable bonds is 10. The van der Waals surface area contributed by atoms with Crippen LogP contribution in [0.25, 0.3) is 22.6 Å². The van der Waals surface area contributed by atoms with Gasteiger partial charge in [0.15, 0.2) is 11.6 Å². The van der Waals surface area contributed by atoms with Crippen molar-refractivity contribution in [3.05, 3.63) is 83.7 Å². The molecule has 0 aliphatic carbocycles. The molecule has 1 amide bonds. The van der Waals surface area contributed by atoms with Crippen molar-refractivity contribution in [3.63, 3.8) is 0 Å². The van der Waals surface area contributed by atoms with E-state index in [0.717, 1.165) is 24.9 Å². The molecule has 1 atom stereocenters. The second-order valence-corrected chi connectivity index (χ2v) is 10.3. The summed E-state index contributed by atoms with van der Waals surface area (Å²) >= 11 is 0. The number of pyridine rings is 1. The Balaban J connectivity index is 1.46. The molecule has 43 heavy (non-hydrogen) atoms. The first-order chi connectivity index (χ1) is 20.8. The van der Waals surface area contributed by atoms with Gasteiger partial charge in [-0.05, 0) is 81.4 Å². The Morgan fingerprint density at radius 2 is 1.79 bits per heavy atom. The summed E-state index contributed by atoms with van der Waals surface area (Å²) < 4.78 is 41.8. The number of hydrogen-bond acceptors (Lipinski definition) is 8. The first-order valence-corrected chi connectivity index (χ1v) is 14.2. The molecule has 0 unspecified atom stereocenters. The van der Waals surface area contributed by atoms with Crippen LogP contribution in [0.5, 0.6) is 11.5 Å². The Kier molecular flexibility index (Phi) is 9.41. The van der Waals surface area contributed by atoms with Gasteiger partial charge in [0.25, 0.3) is 11.9 Å². The van der Waals surface area contributed by atoms with Crippen molar-refractivity contribution in [3.8, 4) is 34.1 Å². The zero-order valence-corrected chi connectivity index (χ0v) is 24.4. The molecule has 1 aliphatic heterocycles. The van der Waals surface area contributed by atoms with Gasteiger partial charge in [-0.3, -0.25) is 4.79 Å². The number of ether oxygens (including phenoxy) is 2. The largest absolute Gasteiger partial charge is 0.497 e. The number of carbonyl (C=O) groups excluding carboxylic acids is 1. The molecular formula is C32H34F2N6O3. The second-order valence-electron chi connectivity index (χ2n) is 10.3. The van der Waals surface area contributed by atoms with Gasteiger partial charge in [-0.15, -0.1) is 0 Å². The molecule has 3 heterocycles. The summed E-state index contributed by atoms with van der Waals surface area (Å²) in [6, 6.07) is 15.6. The maximum Gasteiger partial charge on any atom is 0.256 e. The van der Waals surface area contributed by atoms with Crippen molar-refractivity contribution >= 4 is 11.7 Å². The molecule has 2 N–H and O–H groups in total. The topological polar surface area (TPSA) is 102 Å². The molecule has 5 rings (SSSR count). The predicted molar refractivity (Wildman–Crippen MR) is 160 cm³/mol. The lowest BCUT2D eigenvalue weighted by Gasteiger charge is -2.30. The highest BCUT2D eigenvalue weighted by Gasteiger charge is 2.25. The van der Waals surface area contributed by atoms with Gasteiger partial charge in [-0.1, -0.05) is 12.1 Å². The van der Waals surface area contributed by atoms with Crippen molar-refractivity contribution in [2.24, 2.45) is 0 Å². The zero-order chi connectivity index (χ0) is 30.3. The van der Waals surface area contributed by atoms with E-state index in [9.17, 15) is 4.79 Å². The van der Waals surface area contributed by atoms with Crippen LogP contribution in [0.15, 0.2) is 60.8 Å². The Labute approximate surface area is 249 Å². The highest BCUT2D eigenvalue weighted by Crippen LogP contribution is 2.29. The zero-order valence-electron chi connectivity index (χ0n) is 24.4. The maximum atomic E-state index is 16.0. The van der Waals surface area contributed by atoms with E-state index in [-0.39, 0.29) is 35.4 Å². The van der Waals surface area contributed by atoms with E-state index in [0.29, 0.717) is 35.9 Å². The van der Waals surface area contributed by atoms with Crippen molar-refractivity contribution in [2.75, 3.05) is 39.2 Å². The minimum absolute atomic E-state index is 0.0953. The minimum atomic E-state index is -0.921. The van der Waals surface area contributed by atoms with Gasteiger partial charge in [0.1, 0.15) is 22.9 Å². The third-order valence-electron chi connectivity index (χ3n) is 7.21. The lowest BCUT2D eigenvalue weighted by Crippen LogP contribution is -2.46. The van der Waals surface area contributed by atoms with Crippen molar-refractivity contribution < 1.29 is 23.0 Å². The van der Waals surface area contributed by atoms with Gasteiger partial charge in [0.2, 0.25) is 0 Å². The van der Waals surface area contributed by atoms with E-state index in [1.165, 1.54) is 12.3 Å². The van der Waals surface area contributed by atoms with Crippen LogP contribution in [0, 0.1) is 11.8 Å². The number of nitrogens with zero attached hydrogens (tertiary/aromatic N) is 4. The summed E-state index contributed by atoms with van der Waals surface area (Å²) in [7, 11) is 3.56. The third kappa shape index (κ3) is 7.23. The fourth-order valence-electron chi connectivity index (χ4n) is 4.98. The molecule has 1 aliphatic rings. The number of hydrogen-bond donors (Lipinski definition) is 2. The third-order valence-corrected chi connectivity index (χ3v) is 7.21. The Bertz CT molecular complexity index is 1570. The SMILES string of the molecule is CCOc1ccc(-c2cc(C(=O)N[C@H]3CCCN(C)C3)c(F)c(-c3cnc(NCc4ccc(OC)cc4)c(F)n3)n2)cc1. The number of benzene rings is 2. The highest BCUT2D eigenvalue weighted by molar-refractivity contribution is 5.97. The Morgan fingerprint density at radius 1 is 1.05 bits per heavy atom. The molecule has 0 radical (unpaired) electrons. The summed E-state index contributed by atoms with van der Waals surface area (Å²) in [5, 5.41) is 5.86. The van der Waals surface area contributed by atoms with Crippen molar-refractivity contribution in [1.29, 1.82) is 0 Å². The number of methoxy groups -OCH3 is 1. The van der Waals surface area contributed by atoms with Crippen LogP contribution in [0.4, 0.5) is 14.6 Å². The first-order valence-electron chi connectivity index (χ1n) is 14.2. The molecule has 4 aromatic rings. The average Bonchev–Trinajstić information content (AvgIpc) is 3.01. The number of likely N-dealkylation sites (N-methyl/N-ethyl adjacent to an activating group) is 1. The highest BCUT2D eigenvalue weighted by atomic mass is 19.1. The number of halogens is 2. The minimum Gasteiger partial charge on any atom is -0.497 e. The first kappa shape index (κ1) is 29.8. The fraction of sp³-hybridized carbons (Fsp3) is 0.312. The number of amides is 1. The monoisotopic (exact) mass is 588 g/mol. The molecule has 2 aromatic heterocycles. The summed E-state index contributed by atoms with van der Waals surface area (Å²) in [4.78, 5) is 28.1. The van der Waals surface area contributed by atoms with E-state index in [4.69, 9.17) is 9.47 Å². The number of nitrogens with one attached hydrogen (secondary N) is 2. The van der Waals surface area contributed by atoms with Crippen LogP contribution < -0.4 is 20.1 Å². The lowest BCUT2D eigenvalue weighted by molar-refractivity contribution is 0.0908. The number of piperidine rings is 1. The summed E-state index contributed by atoms with van der Waals surface area (Å²) in [5.74, 6) is -1.11. The molecule has 0 bridgehead atoms. The normalized spacial score (nSPS) is 15.1. The van der Waals surface area contributed by atoms with Crippen LogP contribution in [0.2, 0.25) is 0 Å². The molecule has 0 spiro atoms. The van der Waals surface area contributed by atoms with E-state index in [1.807, 2.05) is 26.1 Å². The van der Waals surface area contributed by atoms with E-state index in [1.54, 1.807) is 43.5 Å². The van der Waals surface area contributed by atoms with Crippen LogP contribution in [-0.4, -0.2) is 65.7 Å². The Hall–Kier alpha value is -4.64. The van der Waals surface area contributed by atoms with Crippen LogP contribution >= 0.6 is 0 Å². The van der Waals surface area contributed by atoms with Gasteiger partial charge in [-0.2, -0.15) is 4.39 Å². The average molecular weight is 589 g/mol. The number of likely N-dealkylation sites (tertiary alicyclic amines) is 1. The van der Waals surface area contributed by atoms with Crippen LogP contribution in [0.1, 0.15) is 35.7 Å². The standard InChI is InChI=1S/C32H34F2N6O3/c1-4-43-24-13-9-21(10-14-24)26-16-25(32(41)37-22-6-5-15-40(2)19-22)28(33)29(38-26)27-18-36-31(30(34)39-27)35-17-20-7-11-23(42-3)12-8-20/h7-14,16,18,22H,4-6,15,17,19H2,1-3H3,(H,35,36)(H,37,41)/t22-/m0/s1. The van der Waals surface area contributed by atoms with Crippen molar-refractivity contribution in [2.45, 2.75) is 32.4 Å². The van der Waals surface area contributed by atoms with E-state index < -0.39 is 17.7 Å². The smallest absolute Gasteiger partial charge is 0.256 e. The molecule has 1 saturated heterocycles. The van der Waals surface area contributed by atoms with Gasteiger partial charge in [-0.25, -0.2) is 19.3 Å². The lowest BCUT2D eigenvalue weighted by atomic mass is 10.0.